The van der Waals surface area contributed by atoms with Gasteiger partial charge in [0.2, 0.25) is 5.91 Å². The number of carbonyl (C=O) groups is 2. The number of ether oxygens (including phenoxy) is 1. The number of hydrogen-bond acceptors (Lipinski definition) is 7. The van der Waals surface area contributed by atoms with Gasteiger partial charge in [-0.05, 0) is 45.0 Å². The van der Waals surface area contributed by atoms with Crippen molar-refractivity contribution in [3.05, 3.63) is 47.8 Å². The quantitative estimate of drug-likeness (QED) is 0.541. The van der Waals surface area contributed by atoms with Gasteiger partial charge in [0.1, 0.15) is 5.82 Å². The predicted octanol–water partition coefficient (Wildman–Crippen LogP) is 2.72. The van der Waals surface area contributed by atoms with E-state index in [0.29, 0.717) is 29.1 Å². The molecule has 158 valence electrons. The molecule has 0 aliphatic carbocycles. The normalized spacial score (nSPS) is 10.8. The molecule has 2 heterocycles. The van der Waals surface area contributed by atoms with Crippen LogP contribution in [0.2, 0.25) is 0 Å². The van der Waals surface area contributed by atoms with Crippen LogP contribution in [0.5, 0.6) is 0 Å². The first kappa shape index (κ1) is 21.2. The van der Waals surface area contributed by atoms with Crippen molar-refractivity contribution in [1.82, 2.24) is 19.8 Å². The van der Waals surface area contributed by atoms with E-state index in [0.717, 1.165) is 18.9 Å². The number of para-hydroxylation sites is 1. The molecular formula is C21H26N6O3. The lowest BCUT2D eigenvalue weighted by Gasteiger charge is -2.19. The zero-order chi connectivity index (χ0) is 21.5. The number of aryl methyl sites for hydroxylation is 1. The standard InChI is InChI=1S/C21H26N6O3/c1-4-26(5-2)19-12-11-17-23-24-18(27(17)25-19)13-14-20(28)22-16-10-8-7-9-15(16)21(29)30-6-3/h7-12H,4-6,13-14H2,1-3H3,(H,22,28). The Balaban J connectivity index is 1.70. The van der Waals surface area contributed by atoms with Crippen LogP contribution >= 0.6 is 0 Å². The fourth-order valence-electron chi connectivity index (χ4n) is 3.11. The van der Waals surface area contributed by atoms with Gasteiger partial charge >= 0.3 is 5.97 Å². The minimum Gasteiger partial charge on any atom is -0.462 e. The van der Waals surface area contributed by atoms with Crippen LogP contribution in [-0.4, -0.2) is 51.4 Å². The smallest absolute Gasteiger partial charge is 0.340 e. The molecule has 0 bridgehead atoms. The van der Waals surface area contributed by atoms with Crippen LogP contribution in [0.25, 0.3) is 5.65 Å². The molecule has 3 aromatic rings. The Morgan fingerprint density at radius 2 is 1.83 bits per heavy atom. The van der Waals surface area contributed by atoms with E-state index in [4.69, 9.17) is 4.74 Å². The summed E-state index contributed by atoms with van der Waals surface area (Å²) in [4.78, 5) is 26.7. The van der Waals surface area contributed by atoms with E-state index in [-0.39, 0.29) is 18.9 Å². The van der Waals surface area contributed by atoms with Crippen molar-refractivity contribution in [1.29, 1.82) is 0 Å². The molecule has 9 nitrogen and oxygen atoms in total. The van der Waals surface area contributed by atoms with Gasteiger partial charge in [-0.3, -0.25) is 4.79 Å². The van der Waals surface area contributed by atoms with Crippen LogP contribution in [0.4, 0.5) is 11.5 Å². The molecule has 1 N–H and O–H groups in total. The second kappa shape index (κ2) is 9.82. The largest absolute Gasteiger partial charge is 0.462 e. The van der Waals surface area contributed by atoms with Gasteiger partial charge in [0.15, 0.2) is 11.5 Å². The highest BCUT2D eigenvalue weighted by Crippen LogP contribution is 2.17. The van der Waals surface area contributed by atoms with E-state index < -0.39 is 5.97 Å². The summed E-state index contributed by atoms with van der Waals surface area (Å²) >= 11 is 0. The maximum absolute atomic E-state index is 12.5. The third kappa shape index (κ3) is 4.73. The lowest BCUT2D eigenvalue weighted by atomic mass is 10.1. The molecule has 0 fully saturated rings. The van der Waals surface area contributed by atoms with Gasteiger partial charge in [0, 0.05) is 25.9 Å². The number of nitrogens with zero attached hydrogens (tertiary/aromatic N) is 5. The number of aromatic nitrogens is 4. The van der Waals surface area contributed by atoms with Crippen LogP contribution < -0.4 is 10.2 Å². The molecule has 0 radical (unpaired) electrons. The zero-order valence-electron chi connectivity index (χ0n) is 17.5. The van der Waals surface area contributed by atoms with Gasteiger partial charge in [0.25, 0.3) is 0 Å². The number of esters is 1. The van der Waals surface area contributed by atoms with Crippen molar-refractivity contribution in [2.24, 2.45) is 0 Å². The van der Waals surface area contributed by atoms with E-state index >= 15 is 0 Å². The van der Waals surface area contributed by atoms with Crippen molar-refractivity contribution in [3.63, 3.8) is 0 Å². The van der Waals surface area contributed by atoms with Crippen molar-refractivity contribution in [2.45, 2.75) is 33.6 Å². The van der Waals surface area contributed by atoms with Gasteiger partial charge in [0.05, 0.1) is 17.9 Å². The van der Waals surface area contributed by atoms with Crippen molar-refractivity contribution in [3.8, 4) is 0 Å². The number of carbonyl (C=O) groups excluding carboxylic acids is 2. The molecule has 3 rings (SSSR count). The Labute approximate surface area is 175 Å². The Hall–Kier alpha value is -3.49. The summed E-state index contributed by atoms with van der Waals surface area (Å²) in [5, 5.41) is 15.7. The van der Waals surface area contributed by atoms with Gasteiger partial charge in [-0.1, -0.05) is 12.1 Å². The second-order valence-electron chi connectivity index (χ2n) is 6.56. The molecule has 0 saturated heterocycles. The molecule has 0 aliphatic rings. The van der Waals surface area contributed by atoms with Crippen LogP contribution in [-0.2, 0) is 16.0 Å². The maximum atomic E-state index is 12.5. The molecule has 0 unspecified atom stereocenters. The minimum absolute atomic E-state index is 0.176. The fourth-order valence-corrected chi connectivity index (χ4v) is 3.11. The van der Waals surface area contributed by atoms with Crippen molar-refractivity contribution in [2.75, 3.05) is 29.9 Å². The van der Waals surface area contributed by atoms with Crippen molar-refractivity contribution < 1.29 is 14.3 Å². The van der Waals surface area contributed by atoms with E-state index in [1.807, 2.05) is 12.1 Å². The highest BCUT2D eigenvalue weighted by atomic mass is 16.5. The third-order valence-corrected chi connectivity index (χ3v) is 4.67. The Morgan fingerprint density at radius 1 is 1.07 bits per heavy atom. The van der Waals surface area contributed by atoms with E-state index in [1.165, 1.54) is 0 Å². The summed E-state index contributed by atoms with van der Waals surface area (Å²) in [6.07, 6.45) is 0.540. The van der Waals surface area contributed by atoms with Crippen LogP contribution in [0.15, 0.2) is 36.4 Å². The molecule has 0 aliphatic heterocycles. The van der Waals surface area contributed by atoms with Crippen LogP contribution in [0.1, 0.15) is 43.4 Å². The first-order valence-electron chi connectivity index (χ1n) is 10.1. The number of rotatable bonds is 9. The number of nitrogens with one attached hydrogen (secondary N) is 1. The SMILES string of the molecule is CCOC(=O)c1ccccc1NC(=O)CCc1nnc2ccc(N(CC)CC)nn12. The molecule has 0 atom stereocenters. The van der Waals surface area contributed by atoms with Crippen molar-refractivity contribution >= 4 is 29.0 Å². The molecule has 0 spiro atoms. The summed E-state index contributed by atoms with van der Waals surface area (Å²) in [6, 6.07) is 10.6. The number of benzene rings is 1. The Morgan fingerprint density at radius 3 is 2.57 bits per heavy atom. The van der Waals surface area contributed by atoms with E-state index in [1.54, 1.807) is 35.7 Å². The van der Waals surface area contributed by atoms with E-state index in [9.17, 15) is 9.59 Å². The summed E-state index contributed by atoms with van der Waals surface area (Å²) in [5.74, 6) is 0.738. The first-order chi connectivity index (χ1) is 14.6. The molecular weight excluding hydrogens is 384 g/mol. The number of fused-ring (bicyclic) bond motifs is 1. The van der Waals surface area contributed by atoms with Gasteiger partial charge in [-0.2, -0.15) is 4.52 Å². The lowest BCUT2D eigenvalue weighted by molar-refractivity contribution is -0.116. The molecule has 1 aromatic carbocycles. The number of hydrogen-bond donors (Lipinski definition) is 1. The number of amides is 1. The zero-order valence-corrected chi connectivity index (χ0v) is 17.5. The number of anilines is 2. The van der Waals surface area contributed by atoms with Gasteiger partial charge in [-0.25, -0.2) is 4.79 Å². The fraction of sp³-hybridized carbons (Fsp3) is 0.381. The second-order valence-corrected chi connectivity index (χ2v) is 6.56. The molecule has 30 heavy (non-hydrogen) atoms. The average Bonchev–Trinajstić information content (AvgIpc) is 3.16. The summed E-state index contributed by atoms with van der Waals surface area (Å²) in [6.45, 7) is 7.83. The average molecular weight is 410 g/mol. The topological polar surface area (TPSA) is 102 Å². The molecule has 1 amide bonds. The summed E-state index contributed by atoms with van der Waals surface area (Å²) in [7, 11) is 0. The summed E-state index contributed by atoms with van der Waals surface area (Å²) < 4.78 is 6.72. The lowest BCUT2D eigenvalue weighted by Crippen LogP contribution is -2.23. The predicted molar refractivity (Wildman–Crippen MR) is 114 cm³/mol. The first-order valence-corrected chi connectivity index (χ1v) is 10.1. The summed E-state index contributed by atoms with van der Waals surface area (Å²) in [5.41, 5.74) is 1.38. The van der Waals surface area contributed by atoms with Crippen LogP contribution in [0, 0.1) is 0 Å². The Bertz CT molecular complexity index is 1030. The van der Waals surface area contributed by atoms with Gasteiger partial charge in [-0.15, -0.1) is 15.3 Å². The molecule has 0 saturated carbocycles. The minimum atomic E-state index is -0.468. The monoisotopic (exact) mass is 410 g/mol. The highest BCUT2D eigenvalue weighted by molar-refractivity contribution is 6.01. The Kier molecular flexibility index (Phi) is 6.95. The van der Waals surface area contributed by atoms with E-state index in [2.05, 4.69) is 39.4 Å². The molecule has 2 aromatic heterocycles. The third-order valence-electron chi connectivity index (χ3n) is 4.67. The molecule has 9 heteroatoms. The van der Waals surface area contributed by atoms with Gasteiger partial charge < -0.3 is 15.0 Å². The highest BCUT2D eigenvalue weighted by Gasteiger charge is 2.15. The van der Waals surface area contributed by atoms with Crippen LogP contribution in [0.3, 0.4) is 0 Å². The maximum Gasteiger partial charge on any atom is 0.340 e.